The van der Waals surface area contributed by atoms with Gasteiger partial charge in [-0.15, -0.1) is 0 Å². The van der Waals surface area contributed by atoms with Gasteiger partial charge in [0.2, 0.25) is 0 Å². The first-order chi connectivity index (χ1) is 7.22. The Balaban J connectivity index is 1.81. The maximum absolute atomic E-state index is 6.09. The Bertz CT molecular complexity index is 307. The third kappa shape index (κ3) is 2.56. The minimum absolute atomic E-state index is 0.121. The Morgan fingerprint density at radius 1 is 1.33 bits per heavy atom. The highest BCUT2D eigenvalue weighted by atomic mass is 16.5. The van der Waals surface area contributed by atoms with E-state index in [1.807, 2.05) is 6.07 Å². The van der Waals surface area contributed by atoms with E-state index in [1.165, 1.54) is 5.56 Å². The molecule has 0 bridgehead atoms. The van der Waals surface area contributed by atoms with Gasteiger partial charge in [0.05, 0.1) is 12.1 Å². The number of ether oxygens (including phenoxy) is 1. The van der Waals surface area contributed by atoms with Gasteiger partial charge in [-0.1, -0.05) is 30.3 Å². The summed E-state index contributed by atoms with van der Waals surface area (Å²) in [4.78, 5) is 2.34. The van der Waals surface area contributed by atoms with Crippen molar-refractivity contribution >= 4 is 0 Å². The van der Waals surface area contributed by atoms with Crippen LogP contribution >= 0.6 is 0 Å². The fourth-order valence-corrected chi connectivity index (χ4v) is 2.18. The van der Waals surface area contributed by atoms with Crippen LogP contribution < -0.4 is 5.73 Å². The fourth-order valence-electron chi connectivity index (χ4n) is 2.18. The lowest BCUT2D eigenvalue weighted by Crippen LogP contribution is -2.69. The lowest BCUT2D eigenvalue weighted by Gasteiger charge is -2.47. The van der Waals surface area contributed by atoms with Crippen LogP contribution in [0, 0.1) is 0 Å². The van der Waals surface area contributed by atoms with Crippen LogP contribution in [0.2, 0.25) is 0 Å². The van der Waals surface area contributed by atoms with Gasteiger partial charge in [0.1, 0.15) is 0 Å². The Morgan fingerprint density at radius 3 is 2.60 bits per heavy atom. The molecular weight excluding hydrogens is 188 g/mol. The molecule has 0 aromatic heterocycles. The van der Waals surface area contributed by atoms with E-state index in [0.717, 1.165) is 19.6 Å². The summed E-state index contributed by atoms with van der Waals surface area (Å²) in [7, 11) is 1.70. The predicted molar refractivity (Wildman–Crippen MR) is 60.5 cm³/mol. The lowest BCUT2D eigenvalue weighted by molar-refractivity contribution is 0.00469. The summed E-state index contributed by atoms with van der Waals surface area (Å²) in [6.07, 6.45) is 0. The lowest BCUT2D eigenvalue weighted by atomic mass is 9.91. The molecule has 0 spiro atoms. The number of rotatable bonds is 4. The second-order valence-electron chi connectivity index (χ2n) is 4.43. The van der Waals surface area contributed by atoms with Gasteiger partial charge in [-0.2, -0.15) is 0 Å². The molecular formula is C12H18N2O. The van der Waals surface area contributed by atoms with Gasteiger partial charge >= 0.3 is 0 Å². The highest BCUT2D eigenvalue weighted by Crippen LogP contribution is 2.20. The number of nitrogens with two attached hydrogens (primary N) is 1. The van der Waals surface area contributed by atoms with Crippen LogP contribution in [0.3, 0.4) is 0 Å². The van der Waals surface area contributed by atoms with Crippen LogP contribution in [0.5, 0.6) is 0 Å². The zero-order chi connectivity index (χ0) is 10.7. The third-order valence-corrected chi connectivity index (χ3v) is 2.76. The Hall–Kier alpha value is -0.900. The summed E-state index contributed by atoms with van der Waals surface area (Å²) in [6, 6.07) is 10.5. The van der Waals surface area contributed by atoms with Crippen LogP contribution in [0.15, 0.2) is 30.3 Å². The highest BCUT2D eigenvalue weighted by molar-refractivity contribution is 5.16. The number of benzene rings is 1. The molecule has 0 saturated carbocycles. The molecule has 3 heteroatoms. The zero-order valence-electron chi connectivity index (χ0n) is 9.15. The fraction of sp³-hybridized carbons (Fsp3) is 0.500. The molecule has 1 fully saturated rings. The Morgan fingerprint density at radius 2 is 2.00 bits per heavy atom. The number of methoxy groups -OCH3 is 1. The van der Waals surface area contributed by atoms with Crippen LogP contribution in [0.25, 0.3) is 0 Å². The summed E-state index contributed by atoms with van der Waals surface area (Å²) < 4.78 is 5.10. The van der Waals surface area contributed by atoms with Crippen molar-refractivity contribution in [2.45, 2.75) is 12.1 Å². The van der Waals surface area contributed by atoms with Crippen LogP contribution in [0.1, 0.15) is 5.56 Å². The van der Waals surface area contributed by atoms with E-state index >= 15 is 0 Å². The summed E-state index contributed by atoms with van der Waals surface area (Å²) in [5, 5.41) is 0. The summed E-state index contributed by atoms with van der Waals surface area (Å²) in [5.74, 6) is 0. The highest BCUT2D eigenvalue weighted by Gasteiger charge is 2.38. The molecule has 15 heavy (non-hydrogen) atoms. The van der Waals surface area contributed by atoms with Crippen LogP contribution in [0.4, 0.5) is 0 Å². The molecule has 82 valence electrons. The van der Waals surface area contributed by atoms with E-state index in [1.54, 1.807) is 7.11 Å². The second-order valence-corrected chi connectivity index (χ2v) is 4.43. The van der Waals surface area contributed by atoms with Crippen molar-refractivity contribution in [3.8, 4) is 0 Å². The van der Waals surface area contributed by atoms with Gasteiger partial charge in [0.15, 0.2) is 0 Å². The van der Waals surface area contributed by atoms with E-state index in [0.29, 0.717) is 6.61 Å². The van der Waals surface area contributed by atoms with Gasteiger partial charge < -0.3 is 10.5 Å². The molecule has 1 aliphatic rings. The van der Waals surface area contributed by atoms with Gasteiger partial charge in [-0.25, -0.2) is 0 Å². The van der Waals surface area contributed by atoms with Crippen LogP contribution in [-0.4, -0.2) is 37.2 Å². The summed E-state index contributed by atoms with van der Waals surface area (Å²) in [6.45, 7) is 3.49. The van der Waals surface area contributed by atoms with E-state index in [-0.39, 0.29) is 5.54 Å². The molecule has 1 aromatic rings. The normalized spacial score (nSPS) is 19.9. The van der Waals surface area contributed by atoms with E-state index in [2.05, 4.69) is 29.2 Å². The molecule has 1 aliphatic heterocycles. The second kappa shape index (κ2) is 4.31. The molecule has 3 nitrogen and oxygen atoms in total. The van der Waals surface area contributed by atoms with Crippen molar-refractivity contribution in [3.63, 3.8) is 0 Å². The quantitative estimate of drug-likeness (QED) is 0.793. The van der Waals surface area contributed by atoms with Crippen LogP contribution in [-0.2, 0) is 11.3 Å². The van der Waals surface area contributed by atoms with Crippen molar-refractivity contribution in [2.24, 2.45) is 5.73 Å². The van der Waals surface area contributed by atoms with Gasteiger partial charge in [0, 0.05) is 26.7 Å². The molecule has 0 atom stereocenters. The van der Waals surface area contributed by atoms with E-state index in [9.17, 15) is 0 Å². The molecule has 1 saturated heterocycles. The van der Waals surface area contributed by atoms with Crippen molar-refractivity contribution in [1.82, 2.24) is 4.90 Å². The monoisotopic (exact) mass is 206 g/mol. The maximum atomic E-state index is 6.09. The molecule has 0 radical (unpaired) electrons. The van der Waals surface area contributed by atoms with E-state index in [4.69, 9.17) is 10.5 Å². The van der Waals surface area contributed by atoms with Gasteiger partial charge in [-0.05, 0) is 5.56 Å². The molecule has 2 N–H and O–H groups in total. The van der Waals surface area contributed by atoms with Crippen molar-refractivity contribution in [3.05, 3.63) is 35.9 Å². The summed E-state index contributed by atoms with van der Waals surface area (Å²) >= 11 is 0. The summed E-state index contributed by atoms with van der Waals surface area (Å²) in [5.41, 5.74) is 7.31. The third-order valence-electron chi connectivity index (χ3n) is 2.76. The number of likely N-dealkylation sites (tertiary alicyclic amines) is 1. The van der Waals surface area contributed by atoms with E-state index < -0.39 is 0 Å². The predicted octanol–water partition coefficient (Wildman–Crippen LogP) is 0.846. The van der Waals surface area contributed by atoms with Gasteiger partial charge in [-0.3, -0.25) is 4.90 Å². The van der Waals surface area contributed by atoms with Crippen molar-refractivity contribution < 1.29 is 4.74 Å². The topological polar surface area (TPSA) is 38.5 Å². The molecule has 0 amide bonds. The minimum Gasteiger partial charge on any atom is -0.383 e. The average molecular weight is 206 g/mol. The Labute approximate surface area is 90.8 Å². The minimum atomic E-state index is -0.121. The average Bonchev–Trinajstić information content (AvgIpc) is 2.17. The Kier molecular flexibility index (Phi) is 3.05. The van der Waals surface area contributed by atoms with Gasteiger partial charge in [0.25, 0.3) is 0 Å². The smallest absolute Gasteiger partial charge is 0.0667 e. The van der Waals surface area contributed by atoms with Crippen molar-refractivity contribution in [1.29, 1.82) is 0 Å². The largest absolute Gasteiger partial charge is 0.383 e. The molecule has 1 aromatic carbocycles. The first kappa shape index (κ1) is 10.6. The van der Waals surface area contributed by atoms with Crippen molar-refractivity contribution in [2.75, 3.05) is 26.8 Å². The first-order valence-electron chi connectivity index (χ1n) is 5.26. The standard InChI is InChI=1S/C12H18N2O/c1-15-10-12(13)8-14(9-12)7-11-5-3-2-4-6-11/h2-6H,7-10,13H2,1H3. The SMILES string of the molecule is COCC1(N)CN(Cc2ccccc2)C1. The first-order valence-corrected chi connectivity index (χ1v) is 5.26. The zero-order valence-corrected chi connectivity index (χ0v) is 9.15. The maximum Gasteiger partial charge on any atom is 0.0667 e. The number of nitrogens with zero attached hydrogens (tertiary/aromatic N) is 1. The molecule has 1 heterocycles. The molecule has 0 unspecified atom stereocenters. The molecule has 0 aliphatic carbocycles. The number of hydrogen-bond acceptors (Lipinski definition) is 3. The number of hydrogen-bond donors (Lipinski definition) is 1. The molecule has 2 rings (SSSR count).